The Balaban J connectivity index is 0.00000199. The summed E-state index contributed by atoms with van der Waals surface area (Å²) in [5.41, 5.74) is 8.59. The summed E-state index contributed by atoms with van der Waals surface area (Å²) in [7, 11) is 1.47. The van der Waals surface area contributed by atoms with Crippen LogP contribution in [0.5, 0.6) is 5.75 Å². The number of nitrogens with one attached hydrogen (secondary N) is 1. The molecule has 3 aromatic rings. The molecular formula is C28H34N4O2. The molecule has 0 radical (unpaired) electrons. The number of H-pyrrole nitrogens is 1. The smallest absolute Gasteiger partial charge is 0.315 e. The molecule has 1 aromatic carbocycles. The van der Waals surface area contributed by atoms with Crippen molar-refractivity contribution in [3.63, 3.8) is 0 Å². The van der Waals surface area contributed by atoms with E-state index in [9.17, 15) is 4.79 Å². The molecule has 0 aliphatic rings. The molecule has 178 valence electrons. The number of hydrogen-bond donors (Lipinski definition) is 2. The highest BCUT2D eigenvalue weighted by Gasteiger charge is 2.07. The summed E-state index contributed by atoms with van der Waals surface area (Å²) < 4.78 is 7.06. The SMILES string of the molecule is C/C=C\C=C(/C)Cn1cc(OC)c(=O)nc1\C=C/C=c1/[nH]c(-c2ccccc2)c/c1=C\N.CC. The highest BCUT2D eigenvalue weighted by atomic mass is 16.5. The highest BCUT2D eigenvalue weighted by Crippen LogP contribution is 2.13. The number of rotatable bonds is 7. The Morgan fingerprint density at radius 3 is 2.59 bits per heavy atom. The molecule has 0 fully saturated rings. The van der Waals surface area contributed by atoms with Crippen molar-refractivity contribution in [1.82, 2.24) is 14.5 Å². The molecule has 3 rings (SSSR count). The molecule has 0 spiro atoms. The van der Waals surface area contributed by atoms with Gasteiger partial charge in [-0.15, -0.1) is 0 Å². The van der Waals surface area contributed by atoms with Gasteiger partial charge in [0.2, 0.25) is 5.75 Å². The van der Waals surface area contributed by atoms with E-state index >= 15 is 0 Å². The molecule has 0 bridgehead atoms. The van der Waals surface area contributed by atoms with Crippen LogP contribution in [0.3, 0.4) is 0 Å². The van der Waals surface area contributed by atoms with Crippen molar-refractivity contribution in [2.24, 2.45) is 5.73 Å². The minimum absolute atomic E-state index is 0.210. The summed E-state index contributed by atoms with van der Waals surface area (Å²) >= 11 is 0. The van der Waals surface area contributed by atoms with Crippen molar-refractivity contribution in [2.75, 3.05) is 7.11 Å². The zero-order chi connectivity index (χ0) is 24.9. The van der Waals surface area contributed by atoms with E-state index in [4.69, 9.17) is 10.5 Å². The number of nitrogens with two attached hydrogens (primary N) is 1. The van der Waals surface area contributed by atoms with Gasteiger partial charge in [0.25, 0.3) is 0 Å². The Bertz CT molecular complexity index is 1330. The summed E-state index contributed by atoms with van der Waals surface area (Å²) in [5.74, 6) is 0.746. The number of hydrogen-bond acceptors (Lipinski definition) is 4. The molecule has 6 nitrogen and oxygen atoms in total. The average Bonchev–Trinajstić information content (AvgIpc) is 3.29. The van der Waals surface area contributed by atoms with Gasteiger partial charge in [0.1, 0.15) is 5.82 Å². The van der Waals surface area contributed by atoms with Crippen LogP contribution in [-0.4, -0.2) is 21.6 Å². The van der Waals surface area contributed by atoms with Crippen molar-refractivity contribution in [3.05, 3.63) is 99.2 Å². The molecule has 0 aliphatic carbocycles. The van der Waals surface area contributed by atoms with Gasteiger partial charge < -0.3 is 20.0 Å². The predicted molar refractivity (Wildman–Crippen MR) is 143 cm³/mol. The first-order valence-electron chi connectivity index (χ1n) is 11.3. The second-order valence-corrected chi connectivity index (χ2v) is 7.25. The molecule has 2 aromatic heterocycles. The first kappa shape index (κ1) is 26.2. The number of benzene rings is 1. The maximum absolute atomic E-state index is 12.2. The van der Waals surface area contributed by atoms with Crippen LogP contribution in [0.25, 0.3) is 29.6 Å². The van der Waals surface area contributed by atoms with Gasteiger partial charge in [0, 0.05) is 29.0 Å². The Hall–Kier alpha value is -4.06. The van der Waals surface area contributed by atoms with Gasteiger partial charge in [0.05, 0.1) is 13.3 Å². The van der Waals surface area contributed by atoms with E-state index in [1.54, 1.807) is 18.5 Å². The zero-order valence-corrected chi connectivity index (χ0v) is 20.6. The minimum atomic E-state index is -0.402. The van der Waals surface area contributed by atoms with Gasteiger partial charge in [0.15, 0.2) is 0 Å². The van der Waals surface area contributed by atoms with Crippen LogP contribution in [0, 0.1) is 0 Å². The van der Waals surface area contributed by atoms with E-state index in [0.29, 0.717) is 12.4 Å². The Morgan fingerprint density at radius 2 is 1.94 bits per heavy atom. The first-order valence-corrected chi connectivity index (χ1v) is 11.3. The zero-order valence-electron chi connectivity index (χ0n) is 20.6. The first-order chi connectivity index (χ1) is 16.5. The molecular weight excluding hydrogens is 424 g/mol. The normalized spacial score (nSPS) is 12.9. The maximum Gasteiger partial charge on any atom is 0.315 e. The second kappa shape index (κ2) is 13.5. The van der Waals surface area contributed by atoms with Crippen molar-refractivity contribution >= 4 is 18.4 Å². The summed E-state index contributed by atoms with van der Waals surface area (Å²) in [6.07, 6.45) is 14.8. The third-order valence-electron chi connectivity index (χ3n) is 4.86. The monoisotopic (exact) mass is 458 g/mol. The van der Waals surface area contributed by atoms with Crippen LogP contribution in [0.15, 0.2) is 77.3 Å². The van der Waals surface area contributed by atoms with Crippen molar-refractivity contribution in [1.29, 1.82) is 0 Å². The van der Waals surface area contributed by atoms with Crippen LogP contribution >= 0.6 is 0 Å². The molecule has 6 heteroatoms. The predicted octanol–water partition coefficient (Wildman–Crippen LogP) is 3.99. The quantitative estimate of drug-likeness (QED) is 0.524. The minimum Gasteiger partial charge on any atom is -0.490 e. The van der Waals surface area contributed by atoms with Gasteiger partial charge in [-0.25, -0.2) is 0 Å². The molecule has 0 unspecified atom stereocenters. The van der Waals surface area contributed by atoms with E-state index in [1.807, 2.05) is 99.0 Å². The molecule has 3 N–H and O–H groups in total. The van der Waals surface area contributed by atoms with Crippen LogP contribution in [0.1, 0.15) is 33.5 Å². The lowest BCUT2D eigenvalue weighted by molar-refractivity contribution is 0.401. The molecule has 34 heavy (non-hydrogen) atoms. The van der Waals surface area contributed by atoms with E-state index in [1.165, 1.54) is 7.11 Å². The summed E-state index contributed by atoms with van der Waals surface area (Å²) in [6, 6.07) is 12.0. The Labute approximate surface area is 201 Å². The number of nitrogens with zero attached hydrogens (tertiary/aromatic N) is 2. The fourth-order valence-electron chi connectivity index (χ4n) is 3.23. The van der Waals surface area contributed by atoms with E-state index in [2.05, 4.69) is 9.97 Å². The second-order valence-electron chi connectivity index (χ2n) is 7.25. The standard InChI is InChI=1S/C26H28N4O2.C2H6/c1-4-5-10-19(2)17-30-18-24(32-3)26(31)29-25(30)14-9-13-22-21(16-27)15-23(28-22)20-11-7-6-8-12-20;1-2/h4-16,18,28H,17,27H2,1-3H3;1-2H3/b5-4-,14-9-,19-10+,21-16+,22-13+;. The van der Waals surface area contributed by atoms with Crippen molar-refractivity contribution in [2.45, 2.75) is 34.2 Å². The topological polar surface area (TPSA) is 85.9 Å². The summed E-state index contributed by atoms with van der Waals surface area (Å²) in [6.45, 7) is 8.57. The van der Waals surface area contributed by atoms with Crippen molar-refractivity contribution in [3.8, 4) is 17.0 Å². The summed E-state index contributed by atoms with van der Waals surface area (Å²) in [5, 5.41) is 1.76. The van der Waals surface area contributed by atoms with E-state index < -0.39 is 5.56 Å². The lowest BCUT2D eigenvalue weighted by atomic mass is 10.1. The Kier molecular flexibility index (Phi) is 10.4. The fourth-order valence-corrected chi connectivity index (χ4v) is 3.23. The van der Waals surface area contributed by atoms with Gasteiger partial charge >= 0.3 is 5.56 Å². The van der Waals surface area contributed by atoms with E-state index in [0.717, 1.165) is 27.4 Å². The van der Waals surface area contributed by atoms with Gasteiger partial charge in [-0.2, -0.15) is 4.98 Å². The molecule has 2 heterocycles. The number of methoxy groups -OCH3 is 1. The van der Waals surface area contributed by atoms with Gasteiger partial charge in [-0.05, 0) is 37.6 Å². The van der Waals surface area contributed by atoms with Gasteiger partial charge in [-0.3, -0.25) is 4.79 Å². The van der Waals surface area contributed by atoms with Crippen LogP contribution in [-0.2, 0) is 6.54 Å². The van der Waals surface area contributed by atoms with Crippen molar-refractivity contribution < 1.29 is 4.74 Å². The largest absolute Gasteiger partial charge is 0.490 e. The maximum atomic E-state index is 12.2. The van der Waals surface area contributed by atoms with Crippen LogP contribution in [0.2, 0.25) is 0 Å². The van der Waals surface area contributed by atoms with Gasteiger partial charge in [-0.1, -0.05) is 74.1 Å². The fraction of sp³-hybridized carbons (Fsp3) is 0.214. The molecule has 0 saturated heterocycles. The summed E-state index contributed by atoms with van der Waals surface area (Å²) in [4.78, 5) is 19.8. The number of allylic oxidation sites excluding steroid dienone is 5. The third kappa shape index (κ3) is 6.97. The Morgan fingerprint density at radius 1 is 1.21 bits per heavy atom. The van der Waals surface area contributed by atoms with E-state index in [-0.39, 0.29) is 5.75 Å². The number of ether oxygens (including phenoxy) is 1. The van der Waals surface area contributed by atoms with Crippen LogP contribution < -0.4 is 26.6 Å². The van der Waals surface area contributed by atoms with Crippen LogP contribution in [0.4, 0.5) is 0 Å². The number of aromatic amines is 1. The lowest BCUT2D eigenvalue weighted by Gasteiger charge is -2.11. The average molecular weight is 459 g/mol. The molecule has 0 aliphatic heterocycles. The molecule has 0 saturated carbocycles. The molecule has 0 amide bonds. The lowest BCUT2D eigenvalue weighted by Crippen LogP contribution is -2.23. The third-order valence-corrected chi connectivity index (χ3v) is 4.86. The highest BCUT2D eigenvalue weighted by molar-refractivity contribution is 5.61. The molecule has 0 atom stereocenters. The number of aromatic nitrogens is 3.